The molecule has 0 saturated heterocycles. The maximum absolute atomic E-state index is 4.47. The van der Waals surface area contributed by atoms with Crippen molar-refractivity contribution in [3.63, 3.8) is 0 Å². The van der Waals surface area contributed by atoms with Gasteiger partial charge in [0.1, 0.15) is 0 Å². The van der Waals surface area contributed by atoms with Crippen molar-refractivity contribution in [2.24, 2.45) is 0 Å². The summed E-state index contributed by atoms with van der Waals surface area (Å²) in [4.78, 5) is 4.47. The van der Waals surface area contributed by atoms with Crippen LogP contribution >= 0.6 is 0 Å². The van der Waals surface area contributed by atoms with Gasteiger partial charge < -0.3 is 5.32 Å². The predicted octanol–water partition coefficient (Wildman–Crippen LogP) is 4.61. The van der Waals surface area contributed by atoms with E-state index in [2.05, 4.69) is 61.4 Å². The lowest BCUT2D eigenvalue weighted by Gasteiger charge is -2.19. The third kappa shape index (κ3) is 3.60. The van der Waals surface area contributed by atoms with Crippen molar-refractivity contribution in [3.8, 4) is 0 Å². The number of hydrogen-bond donors (Lipinski definition) is 1. The average Bonchev–Trinajstić information content (AvgIpc) is 2.37. The molecule has 0 fully saturated rings. The van der Waals surface area contributed by atoms with Gasteiger partial charge in [0.2, 0.25) is 0 Å². The maximum Gasteiger partial charge on any atom is 0.0606 e. The molecule has 1 N–H and O–H groups in total. The summed E-state index contributed by atoms with van der Waals surface area (Å²) in [5, 5.41) is 3.45. The summed E-state index contributed by atoms with van der Waals surface area (Å²) < 4.78 is 0. The Bertz CT molecular complexity index is 577. The molecular weight excluding hydrogens is 244 g/mol. The van der Waals surface area contributed by atoms with Crippen LogP contribution in [0.15, 0.2) is 36.4 Å². The Morgan fingerprint density at radius 2 is 1.60 bits per heavy atom. The van der Waals surface area contributed by atoms with Crippen molar-refractivity contribution in [1.29, 1.82) is 0 Å². The molecule has 2 rings (SSSR count). The third-order valence-corrected chi connectivity index (χ3v) is 3.53. The third-order valence-electron chi connectivity index (χ3n) is 3.53. The van der Waals surface area contributed by atoms with E-state index in [1.165, 1.54) is 11.1 Å². The number of anilines is 1. The van der Waals surface area contributed by atoms with Gasteiger partial charge in [0.15, 0.2) is 0 Å². The smallest absolute Gasteiger partial charge is 0.0606 e. The van der Waals surface area contributed by atoms with E-state index in [1.807, 2.05) is 19.9 Å². The quantitative estimate of drug-likeness (QED) is 0.879. The molecule has 0 bridgehead atoms. The molecule has 1 aromatic carbocycles. The van der Waals surface area contributed by atoms with Gasteiger partial charge in [-0.05, 0) is 42.5 Å². The summed E-state index contributed by atoms with van der Waals surface area (Å²) in [5.41, 5.74) is 6.09. The van der Waals surface area contributed by atoms with Crippen LogP contribution in [-0.2, 0) is 12.0 Å². The normalized spacial score (nSPS) is 11.4. The molecule has 1 aromatic heterocycles. The lowest BCUT2D eigenvalue weighted by atomic mass is 9.87. The Morgan fingerprint density at radius 3 is 2.15 bits per heavy atom. The van der Waals surface area contributed by atoms with E-state index >= 15 is 0 Å². The van der Waals surface area contributed by atoms with Gasteiger partial charge in [0.05, 0.1) is 11.4 Å². The highest BCUT2D eigenvalue weighted by Gasteiger charge is 2.12. The molecule has 2 nitrogen and oxygen atoms in total. The number of nitrogens with zero attached hydrogens (tertiary/aromatic N) is 1. The molecule has 1 heterocycles. The van der Waals surface area contributed by atoms with Crippen molar-refractivity contribution in [2.45, 2.75) is 46.6 Å². The Morgan fingerprint density at radius 1 is 0.950 bits per heavy atom. The van der Waals surface area contributed by atoms with Crippen molar-refractivity contribution in [3.05, 3.63) is 58.9 Å². The number of rotatable bonds is 3. The Balaban J connectivity index is 2.04. The highest BCUT2D eigenvalue weighted by atomic mass is 14.9. The largest absolute Gasteiger partial charge is 0.380 e. The summed E-state index contributed by atoms with van der Waals surface area (Å²) >= 11 is 0. The van der Waals surface area contributed by atoms with Gasteiger partial charge in [-0.2, -0.15) is 0 Å². The van der Waals surface area contributed by atoms with Gasteiger partial charge in [0, 0.05) is 12.2 Å². The summed E-state index contributed by atoms with van der Waals surface area (Å²) in [5.74, 6) is 0. The van der Waals surface area contributed by atoms with Gasteiger partial charge in [-0.25, -0.2) is 0 Å². The zero-order chi connectivity index (χ0) is 14.8. The molecule has 2 heteroatoms. The van der Waals surface area contributed by atoms with Gasteiger partial charge in [0.25, 0.3) is 0 Å². The Labute approximate surface area is 122 Å². The van der Waals surface area contributed by atoms with Crippen molar-refractivity contribution in [2.75, 3.05) is 5.32 Å². The van der Waals surface area contributed by atoms with E-state index in [0.29, 0.717) is 0 Å². The number of aromatic nitrogens is 1. The highest BCUT2D eigenvalue weighted by molar-refractivity contribution is 5.48. The number of aryl methyl sites for hydroxylation is 2. The molecule has 106 valence electrons. The second-order valence-electron chi connectivity index (χ2n) is 6.39. The number of pyridine rings is 1. The number of nitrogens with one attached hydrogen (secondary N) is 1. The molecule has 0 spiro atoms. The summed E-state index contributed by atoms with van der Waals surface area (Å²) in [6.45, 7) is 11.6. The highest BCUT2D eigenvalue weighted by Crippen LogP contribution is 2.22. The Kier molecular flexibility index (Phi) is 4.12. The molecular formula is C18H24N2. The fraction of sp³-hybridized carbons (Fsp3) is 0.389. The molecule has 0 aliphatic rings. The zero-order valence-electron chi connectivity index (χ0n) is 13.1. The van der Waals surface area contributed by atoms with Crippen molar-refractivity contribution < 1.29 is 0 Å². The minimum absolute atomic E-state index is 0.212. The van der Waals surface area contributed by atoms with E-state index < -0.39 is 0 Å². The lowest BCUT2D eigenvalue weighted by molar-refractivity contribution is 0.590. The monoisotopic (exact) mass is 268 g/mol. The van der Waals surface area contributed by atoms with E-state index in [9.17, 15) is 0 Å². The fourth-order valence-corrected chi connectivity index (χ4v) is 2.19. The number of hydrogen-bond acceptors (Lipinski definition) is 2. The molecule has 0 aliphatic carbocycles. The first kappa shape index (κ1) is 14.6. The van der Waals surface area contributed by atoms with Gasteiger partial charge >= 0.3 is 0 Å². The van der Waals surface area contributed by atoms with Crippen LogP contribution in [0.1, 0.15) is 43.3 Å². The zero-order valence-corrected chi connectivity index (χ0v) is 13.1. The second-order valence-corrected chi connectivity index (χ2v) is 6.39. The van der Waals surface area contributed by atoms with E-state index in [-0.39, 0.29) is 5.41 Å². The van der Waals surface area contributed by atoms with E-state index in [0.717, 1.165) is 23.6 Å². The lowest BCUT2D eigenvalue weighted by Crippen LogP contribution is -2.11. The minimum Gasteiger partial charge on any atom is -0.380 e. The van der Waals surface area contributed by atoms with Crippen LogP contribution in [0.4, 0.5) is 5.69 Å². The summed E-state index contributed by atoms with van der Waals surface area (Å²) in [6.07, 6.45) is 0. The summed E-state index contributed by atoms with van der Waals surface area (Å²) in [6, 6.07) is 13.0. The van der Waals surface area contributed by atoms with Gasteiger partial charge in [-0.15, -0.1) is 0 Å². The molecule has 0 unspecified atom stereocenters. The van der Waals surface area contributed by atoms with Crippen molar-refractivity contribution in [1.82, 2.24) is 4.98 Å². The first-order valence-electron chi connectivity index (χ1n) is 7.14. The average molecular weight is 268 g/mol. The molecule has 0 aliphatic heterocycles. The van der Waals surface area contributed by atoms with Crippen LogP contribution in [0.5, 0.6) is 0 Å². The molecule has 0 atom stereocenters. The maximum atomic E-state index is 4.47. The SMILES string of the molecule is Cc1ccc(NCc2ccc(C(C)(C)C)cc2)c(C)n1. The van der Waals surface area contributed by atoms with E-state index in [4.69, 9.17) is 0 Å². The first-order valence-corrected chi connectivity index (χ1v) is 7.14. The van der Waals surface area contributed by atoms with Crippen LogP contribution in [0.3, 0.4) is 0 Å². The number of benzene rings is 1. The van der Waals surface area contributed by atoms with Gasteiger partial charge in [-0.3, -0.25) is 4.98 Å². The van der Waals surface area contributed by atoms with Crippen molar-refractivity contribution >= 4 is 5.69 Å². The molecule has 0 radical (unpaired) electrons. The minimum atomic E-state index is 0.212. The second kappa shape index (κ2) is 5.66. The molecule has 0 saturated carbocycles. The van der Waals surface area contributed by atoms with Crippen LogP contribution < -0.4 is 5.32 Å². The molecule has 2 aromatic rings. The van der Waals surface area contributed by atoms with Gasteiger partial charge in [-0.1, -0.05) is 45.0 Å². The summed E-state index contributed by atoms with van der Waals surface area (Å²) in [7, 11) is 0. The molecule has 0 amide bonds. The van der Waals surface area contributed by atoms with Crippen LogP contribution in [-0.4, -0.2) is 4.98 Å². The standard InChI is InChI=1S/C18H24N2/c1-13-6-11-17(14(2)20-13)19-12-15-7-9-16(10-8-15)18(3,4)5/h6-11,19H,12H2,1-5H3. The topological polar surface area (TPSA) is 24.9 Å². The molecule has 20 heavy (non-hydrogen) atoms. The predicted molar refractivity (Wildman–Crippen MR) is 86.2 cm³/mol. The van der Waals surface area contributed by atoms with Crippen LogP contribution in [0, 0.1) is 13.8 Å². The van der Waals surface area contributed by atoms with E-state index in [1.54, 1.807) is 0 Å². The van der Waals surface area contributed by atoms with Crippen LogP contribution in [0.25, 0.3) is 0 Å². The fourth-order valence-electron chi connectivity index (χ4n) is 2.19. The van der Waals surface area contributed by atoms with Crippen LogP contribution in [0.2, 0.25) is 0 Å². The Hall–Kier alpha value is -1.83. The first-order chi connectivity index (χ1) is 9.36.